The van der Waals surface area contributed by atoms with Crippen molar-refractivity contribution in [2.45, 2.75) is 270 Å². The molecule has 0 fully saturated rings. The van der Waals surface area contributed by atoms with Crippen molar-refractivity contribution in [3.8, 4) is 39.5 Å². The van der Waals surface area contributed by atoms with Gasteiger partial charge in [-0.05, 0) is 206 Å². The second kappa shape index (κ2) is 24.1. The molecule has 0 amide bonds. The summed E-state index contributed by atoms with van der Waals surface area (Å²) < 4.78 is 29.2. The van der Waals surface area contributed by atoms with Crippen LogP contribution in [0.3, 0.4) is 0 Å². The highest BCUT2D eigenvalue weighted by molar-refractivity contribution is 7.43. The lowest BCUT2D eigenvalue weighted by molar-refractivity contribution is 0.284. The lowest BCUT2D eigenvalue weighted by atomic mass is 9.68. The molecule has 6 heteroatoms. The van der Waals surface area contributed by atoms with Gasteiger partial charge in [0.05, 0.1) is 14.2 Å². The van der Waals surface area contributed by atoms with Crippen LogP contribution in [-0.4, -0.2) is 14.2 Å². The highest BCUT2D eigenvalue weighted by Crippen LogP contribution is 2.55. The Morgan fingerprint density at radius 2 is 0.756 bits per heavy atom. The van der Waals surface area contributed by atoms with Crippen LogP contribution in [0.2, 0.25) is 0 Å². The average Bonchev–Trinajstić information content (AvgIpc) is 0.806. The van der Waals surface area contributed by atoms with Gasteiger partial charge < -0.3 is 18.5 Å². The molecular weight excluding hydrogens is 1090 g/mol. The van der Waals surface area contributed by atoms with Crippen molar-refractivity contribution < 1.29 is 18.5 Å². The minimum absolute atomic E-state index is 0.0179. The molecule has 0 N–H and O–H groups in total. The van der Waals surface area contributed by atoms with Crippen molar-refractivity contribution in [2.24, 2.45) is 16.7 Å². The Hall–Kier alpha value is -4.36. The van der Waals surface area contributed by atoms with E-state index in [1.807, 2.05) is 14.2 Å². The molecule has 3 aliphatic rings. The lowest BCUT2D eigenvalue weighted by Gasteiger charge is -2.39. The highest BCUT2D eigenvalue weighted by Gasteiger charge is 2.40. The van der Waals surface area contributed by atoms with Crippen molar-refractivity contribution in [3.63, 3.8) is 0 Å². The number of methoxy groups -OCH3 is 2. The molecule has 0 radical (unpaired) electrons. The standard InChI is InChI=1S/C80H114O4P2/c1-47-37-49-33-29-31-35-55(49)65(71(47)85-83-69-59(41-53(75(9,10)11)45-63(69)79(21,22)23)57-39-51(73(3,4)5)43-61(67(57)81-27)77(15,16)17)66-56-36-32-30-34-50(56)38-48(2)72(66)86-84-70-60(42-54(76(12,13)14)46-64(70)80(24,25)26)58-40-52(74(6,7)8)44-62(68(58)82-28)78(18,19)20/h37-41,43-46,54,85-86H,29-36,42H2,1-28H3. The molecule has 0 spiro atoms. The monoisotopic (exact) mass is 1200 g/mol. The summed E-state index contributed by atoms with van der Waals surface area (Å²) in [6.07, 6.45) is 12.5. The van der Waals surface area contributed by atoms with E-state index in [1.165, 1.54) is 131 Å². The summed E-state index contributed by atoms with van der Waals surface area (Å²) in [5.74, 6) is 4.18. The number of fused-ring (bicyclic) bond motifs is 2. The van der Waals surface area contributed by atoms with Crippen molar-refractivity contribution in [2.75, 3.05) is 14.2 Å². The number of benzene rings is 5. The van der Waals surface area contributed by atoms with Crippen LogP contribution in [0.1, 0.15) is 271 Å². The zero-order valence-electron chi connectivity index (χ0n) is 59.3. The van der Waals surface area contributed by atoms with Crippen molar-refractivity contribution in [1.82, 2.24) is 0 Å². The van der Waals surface area contributed by atoms with Crippen molar-refractivity contribution >= 4 is 33.8 Å². The first-order valence-electron chi connectivity index (χ1n) is 32.7. The van der Waals surface area contributed by atoms with Crippen molar-refractivity contribution in [3.05, 3.63) is 138 Å². The molecule has 0 aliphatic heterocycles. The fourth-order valence-electron chi connectivity index (χ4n) is 13.5. The first kappa shape index (κ1) is 67.6. The fourth-order valence-corrected chi connectivity index (χ4v) is 15.6. The van der Waals surface area contributed by atoms with E-state index >= 15 is 0 Å². The Morgan fingerprint density at radius 1 is 0.395 bits per heavy atom. The van der Waals surface area contributed by atoms with Crippen LogP contribution in [0.15, 0.2) is 65.9 Å². The minimum atomic E-state index is -0.237. The van der Waals surface area contributed by atoms with E-state index in [-0.39, 0.29) is 60.9 Å². The van der Waals surface area contributed by atoms with Crippen LogP contribution in [0.4, 0.5) is 0 Å². The summed E-state index contributed by atoms with van der Waals surface area (Å²) in [6.45, 7) is 61.2. The van der Waals surface area contributed by atoms with E-state index in [0.717, 1.165) is 66.2 Å². The van der Waals surface area contributed by atoms with Gasteiger partial charge in [0.2, 0.25) is 0 Å². The summed E-state index contributed by atoms with van der Waals surface area (Å²) >= 11 is 0. The third-order valence-corrected chi connectivity index (χ3v) is 21.3. The maximum atomic E-state index is 7.95. The van der Waals surface area contributed by atoms with Crippen LogP contribution in [0.5, 0.6) is 17.2 Å². The third-order valence-electron chi connectivity index (χ3n) is 19.0. The molecule has 86 heavy (non-hydrogen) atoms. The van der Waals surface area contributed by atoms with Gasteiger partial charge in [-0.1, -0.05) is 203 Å². The van der Waals surface area contributed by atoms with Crippen LogP contribution in [0.25, 0.3) is 27.8 Å². The Balaban J connectivity index is 1.42. The van der Waals surface area contributed by atoms with Gasteiger partial charge in [0.15, 0.2) is 0 Å². The molecule has 0 aromatic heterocycles. The maximum absolute atomic E-state index is 7.95. The number of aryl methyl sites for hydroxylation is 4. The zero-order valence-corrected chi connectivity index (χ0v) is 61.3. The van der Waals surface area contributed by atoms with E-state index in [9.17, 15) is 0 Å². The van der Waals surface area contributed by atoms with Gasteiger partial charge in [0.25, 0.3) is 0 Å². The lowest BCUT2D eigenvalue weighted by Crippen LogP contribution is -2.27. The Morgan fingerprint density at radius 3 is 1.13 bits per heavy atom. The SMILES string of the molecule is COc1c(C2=C(OPc3c(C)cc4c(c3-c3c5c(cc(C)c3POc3c(-c6cc(C(C)(C)C)cc(C(C)(C)C)c6OC)cc(C(C)(C)C)cc3C(C)(C)C)CCCC5)CCCC4)C(C(C)(C)C)=CC(C(C)(C)C)C2)cc(C(C)(C)C)cc1C(C)(C)C. The first-order chi connectivity index (χ1) is 39.5. The van der Waals surface area contributed by atoms with Crippen LogP contribution < -0.4 is 24.6 Å². The molecule has 0 saturated heterocycles. The smallest absolute Gasteiger partial charge is 0.135 e. The van der Waals surface area contributed by atoms with Gasteiger partial charge in [0, 0.05) is 49.6 Å². The van der Waals surface area contributed by atoms with Gasteiger partial charge in [-0.3, -0.25) is 0 Å². The van der Waals surface area contributed by atoms with E-state index < -0.39 is 0 Å². The normalized spacial score (nSPS) is 16.9. The Kier molecular flexibility index (Phi) is 18.9. The first-order valence-corrected chi connectivity index (χ1v) is 34.6. The molecule has 3 atom stereocenters. The van der Waals surface area contributed by atoms with E-state index in [1.54, 1.807) is 0 Å². The van der Waals surface area contributed by atoms with E-state index in [4.69, 9.17) is 18.5 Å². The zero-order chi connectivity index (χ0) is 64.0. The number of ether oxygens (including phenoxy) is 2. The number of rotatable bonds is 11. The molecule has 0 bridgehead atoms. The molecule has 3 unspecified atom stereocenters. The fraction of sp³-hybridized carbons (Fsp3) is 0.575. The van der Waals surface area contributed by atoms with Gasteiger partial charge >= 0.3 is 0 Å². The number of allylic oxidation sites excluding steroid dienone is 3. The molecule has 3 aliphatic carbocycles. The van der Waals surface area contributed by atoms with Gasteiger partial charge in [-0.15, -0.1) is 0 Å². The molecule has 468 valence electrons. The quantitative estimate of drug-likeness (QED) is 0.124. The van der Waals surface area contributed by atoms with Crippen LogP contribution in [0, 0.1) is 30.6 Å². The summed E-state index contributed by atoms with van der Waals surface area (Å²) in [7, 11) is 3.84. The molecule has 8 rings (SSSR count). The second-order valence-electron chi connectivity index (χ2n) is 34.4. The predicted octanol–water partition coefficient (Wildman–Crippen LogP) is 22.2. The molecule has 4 nitrogen and oxygen atoms in total. The topological polar surface area (TPSA) is 36.9 Å². The molecule has 5 aromatic carbocycles. The van der Waals surface area contributed by atoms with Gasteiger partial charge in [0.1, 0.15) is 40.6 Å². The second-order valence-corrected chi connectivity index (χ2v) is 36.2. The number of hydrogen-bond acceptors (Lipinski definition) is 4. The maximum Gasteiger partial charge on any atom is 0.135 e. The minimum Gasteiger partial charge on any atom is -0.496 e. The van der Waals surface area contributed by atoms with E-state index in [2.05, 4.69) is 235 Å². The average molecular weight is 1200 g/mol. The number of hydrogen-bond donors (Lipinski definition) is 0. The van der Waals surface area contributed by atoms with Gasteiger partial charge in [-0.2, -0.15) is 0 Å². The van der Waals surface area contributed by atoms with Crippen molar-refractivity contribution in [1.29, 1.82) is 0 Å². The Bertz CT molecular complexity index is 3450. The highest BCUT2D eigenvalue weighted by atomic mass is 31.1. The van der Waals surface area contributed by atoms with Crippen LogP contribution >= 0.6 is 17.6 Å². The predicted molar refractivity (Wildman–Crippen MR) is 378 cm³/mol. The summed E-state index contributed by atoms with van der Waals surface area (Å²) in [5, 5.41) is 2.66. The summed E-state index contributed by atoms with van der Waals surface area (Å²) in [6, 6.07) is 19.7. The van der Waals surface area contributed by atoms with Crippen LogP contribution in [-0.2, 0) is 62.7 Å². The van der Waals surface area contributed by atoms with E-state index in [0.29, 0.717) is 5.92 Å². The Labute approximate surface area is 528 Å². The molecule has 5 aromatic rings. The molecule has 0 heterocycles. The molecular formula is C80H114O4P2. The molecule has 0 saturated carbocycles. The third kappa shape index (κ3) is 14.0. The summed E-state index contributed by atoms with van der Waals surface area (Å²) in [4.78, 5) is 0. The van der Waals surface area contributed by atoms with Gasteiger partial charge in [-0.25, -0.2) is 0 Å². The summed E-state index contributed by atoms with van der Waals surface area (Å²) in [5.41, 5.74) is 24.0. The largest absolute Gasteiger partial charge is 0.496 e.